The van der Waals surface area contributed by atoms with Crippen molar-refractivity contribution in [1.29, 1.82) is 0 Å². The standard InChI is InChI=1S/C54H104O6/c1-6-7-8-9-10-11-12-13-14-15-16-17-18-19-20-23-29-34-39-44-52(55)58-47-51(60-54(57)46-41-36-31-26-25-28-33-38-43-50(4)5)48-59-53(56)45-40-35-30-24-21-22-27-32-37-42-49(2)3/h49-51H,6-48H2,1-5H3/t51-/m0/s1. The first-order valence-electron chi connectivity index (χ1n) is 26.7. The Morgan fingerprint density at radius 1 is 0.317 bits per heavy atom. The summed E-state index contributed by atoms with van der Waals surface area (Å²) in [5.74, 6) is 0.751. The Morgan fingerprint density at radius 2 is 0.550 bits per heavy atom. The second-order valence-corrected chi connectivity index (χ2v) is 19.5. The number of esters is 3. The zero-order valence-corrected chi connectivity index (χ0v) is 41.1. The summed E-state index contributed by atoms with van der Waals surface area (Å²) in [4.78, 5) is 37.9. The maximum absolute atomic E-state index is 12.8. The number of carbonyl (C=O) groups is 3. The molecule has 0 heterocycles. The van der Waals surface area contributed by atoms with Gasteiger partial charge < -0.3 is 14.2 Å². The van der Waals surface area contributed by atoms with Gasteiger partial charge in [-0.25, -0.2) is 0 Å². The van der Waals surface area contributed by atoms with Crippen LogP contribution in [0.2, 0.25) is 0 Å². The lowest BCUT2D eigenvalue weighted by atomic mass is 10.0. The molecule has 0 radical (unpaired) electrons. The van der Waals surface area contributed by atoms with Crippen molar-refractivity contribution in [2.75, 3.05) is 13.2 Å². The smallest absolute Gasteiger partial charge is 0.306 e. The van der Waals surface area contributed by atoms with Crippen LogP contribution in [0.1, 0.15) is 298 Å². The van der Waals surface area contributed by atoms with Crippen molar-refractivity contribution in [3.8, 4) is 0 Å². The van der Waals surface area contributed by atoms with Crippen molar-refractivity contribution >= 4 is 17.9 Å². The summed E-state index contributed by atoms with van der Waals surface area (Å²) in [6.07, 6.45) is 48.2. The number of carbonyl (C=O) groups excluding carboxylic acids is 3. The molecule has 0 aromatic carbocycles. The Morgan fingerprint density at radius 3 is 0.817 bits per heavy atom. The van der Waals surface area contributed by atoms with Crippen LogP contribution in [0.25, 0.3) is 0 Å². The van der Waals surface area contributed by atoms with Gasteiger partial charge >= 0.3 is 17.9 Å². The second kappa shape index (κ2) is 46.9. The van der Waals surface area contributed by atoms with E-state index in [9.17, 15) is 14.4 Å². The van der Waals surface area contributed by atoms with Crippen LogP contribution in [0.4, 0.5) is 0 Å². The first-order chi connectivity index (χ1) is 29.2. The molecular formula is C54H104O6. The molecule has 0 aromatic rings. The third-order valence-corrected chi connectivity index (χ3v) is 12.2. The van der Waals surface area contributed by atoms with Crippen LogP contribution >= 0.6 is 0 Å². The molecule has 0 saturated carbocycles. The van der Waals surface area contributed by atoms with Gasteiger partial charge in [-0.2, -0.15) is 0 Å². The van der Waals surface area contributed by atoms with Crippen molar-refractivity contribution < 1.29 is 28.6 Å². The van der Waals surface area contributed by atoms with Crippen molar-refractivity contribution in [3.63, 3.8) is 0 Å². The van der Waals surface area contributed by atoms with Crippen LogP contribution in [-0.4, -0.2) is 37.2 Å². The Bertz CT molecular complexity index is 916. The lowest BCUT2D eigenvalue weighted by molar-refractivity contribution is -0.167. The van der Waals surface area contributed by atoms with E-state index in [0.717, 1.165) is 69.6 Å². The van der Waals surface area contributed by atoms with Crippen LogP contribution < -0.4 is 0 Å². The van der Waals surface area contributed by atoms with E-state index in [2.05, 4.69) is 34.6 Å². The van der Waals surface area contributed by atoms with Gasteiger partial charge in [0.15, 0.2) is 6.10 Å². The molecule has 0 N–H and O–H groups in total. The summed E-state index contributed by atoms with van der Waals surface area (Å²) in [7, 11) is 0. The van der Waals surface area contributed by atoms with Gasteiger partial charge in [-0.15, -0.1) is 0 Å². The zero-order valence-electron chi connectivity index (χ0n) is 41.1. The highest BCUT2D eigenvalue weighted by Crippen LogP contribution is 2.17. The van der Waals surface area contributed by atoms with Crippen LogP contribution in [0.3, 0.4) is 0 Å². The Hall–Kier alpha value is -1.59. The first-order valence-corrected chi connectivity index (χ1v) is 26.7. The van der Waals surface area contributed by atoms with Crippen molar-refractivity contribution in [2.24, 2.45) is 11.8 Å². The molecule has 0 amide bonds. The monoisotopic (exact) mass is 849 g/mol. The molecule has 0 aliphatic rings. The molecule has 0 aliphatic heterocycles. The van der Waals surface area contributed by atoms with Gasteiger partial charge in [0.1, 0.15) is 13.2 Å². The van der Waals surface area contributed by atoms with Crippen LogP contribution in [0, 0.1) is 11.8 Å². The third kappa shape index (κ3) is 47.5. The summed E-state index contributed by atoms with van der Waals surface area (Å²) >= 11 is 0. The highest BCUT2D eigenvalue weighted by atomic mass is 16.6. The number of unbranched alkanes of at least 4 members (excludes halogenated alkanes) is 33. The molecule has 0 spiro atoms. The van der Waals surface area contributed by atoms with E-state index in [0.29, 0.717) is 19.3 Å². The lowest BCUT2D eigenvalue weighted by Gasteiger charge is -2.18. The molecule has 356 valence electrons. The highest BCUT2D eigenvalue weighted by molar-refractivity contribution is 5.71. The molecule has 1 atom stereocenters. The van der Waals surface area contributed by atoms with Gasteiger partial charge in [0.2, 0.25) is 0 Å². The molecule has 0 saturated heterocycles. The van der Waals surface area contributed by atoms with Gasteiger partial charge in [-0.3, -0.25) is 14.4 Å². The molecule has 0 fully saturated rings. The van der Waals surface area contributed by atoms with E-state index in [1.54, 1.807) is 0 Å². The molecule has 0 bridgehead atoms. The Labute approximate surface area is 374 Å². The minimum Gasteiger partial charge on any atom is -0.462 e. The average Bonchev–Trinajstić information content (AvgIpc) is 3.22. The number of hydrogen-bond donors (Lipinski definition) is 0. The molecule has 0 aromatic heterocycles. The van der Waals surface area contributed by atoms with Gasteiger partial charge in [-0.1, -0.05) is 259 Å². The zero-order chi connectivity index (χ0) is 44.0. The van der Waals surface area contributed by atoms with E-state index in [1.165, 1.54) is 186 Å². The molecule has 0 rings (SSSR count). The predicted molar refractivity (Wildman–Crippen MR) is 256 cm³/mol. The minimum atomic E-state index is -0.762. The fraction of sp³-hybridized carbons (Fsp3) is 0.944. The Kier molecular flexibility index (Phi) is 45.7. The second-order valence-electron chi connectivity index (χ2n) is 19.5. The van der Waals surface area contributed by atoms with Gasteiger partial charge in [-0.05, 0) is 31.1 Å². The molecular weight excluding hydrogens is 745 g/mol. The SMILES string of the molecule is CCCCCCCCCCCCCCCCCCCCCC(=O)OC[C@@H](COC(=O)CCCCCCCCCCCC(C)C)OC(=O)CCCCCCCCCCC(C)C. The quantitative estimate of drug-likeness (QED) is 0.0345. The summed E-state index contributed by atoms with van der Waals surface area (Å²) in [6, 6.07) is 0. The van der Waals surface area contributed by atoms with Gasteiger partial charge in [0.05, 0.1) is 0 Å². The topological polar surface area (TPSA) is 78.9 Å². The first kappa shape index (κ1) is 58.4. The predicted octanol–water partition coefficient (Wildman–Crippen LogP) is 17.3. The van der Waals surface area contributed by atoms with Gasteiger partial charge in [0.25, 0.3) is 0 Å². The highest BCUT2D eigenvalue weighted by Gasteiger charge is 2.19. The Balaban J connectivity index is 4.24. The van der Waals surface area contributed by atoms with Crippen molar-refractivity contribution in [3.05, 3.63) is 0 Å². The third-order valence-electron chi connectivity index (χ3n) is 12.2. The summed E-state index contributed by atoms with van der Waals surface area (Å²) in [6.45, 7) is 11.3. The van der Waals surface area contributed by atoms with E-state index in [-0.39, 0.29) is 31.1 Å². The fourth-order valence-corrected chi connectivity index (χ4v) is 8.17. The molecule has 6 heteroatoms. The van der Waals surface area contributed by atoms with Crippen LogP contribution in [-0.2, 0) is 28.6 Å². The summed E-state index contributed by atoms with van der Waals surface area (Å²) < 4.78 is 16.8. The lowest BCUT2D eigenvalue weighted by Crippen LogP contribution is -2.30. The van der Waals surface area contributed by atoms with E-state index in [1.807, 2.05) is 0 Å². The minimum absolute atomic E-state index is 0.0642. The fourth-order valence-electron chi connectivity index (χ4n) is 8.17. The van der Waals surface area contributed by atoms with Crippen LogP contribution in [0.15, 0.2) is 0 Å². The normalized spacial score (nSPS) is 12.1. The van der Waals surface area contributed by atoms with Crippen molar-refractivity contribution in [2.45, 2.75) is 304 Å². The number of ether oxygens (including phenoxy) is 3. The largest absolute Gasteiger partial charge is 0.462 e. The molecule has 0 unspecified atom stereocenters. The maximum Gasteiger partial charge on any atom is 0.306 e. The number of hydrogen-bond acceptors (Lipinski definition) is 6. The van der Waals surface area contributed by atoms with E-state index < -0.39 is 6.10 Å². The molecule has 0 aliphatic carbocycles. The molecule has 6 nitrogen and oxygen atoms in total. The van der Waals surface area contributed by atoms with E-state index >= 15 is 0 Å². The molecule has 60 heavy (non-hydrogen) atoms. The van der Waals surface area contributed by atoms with Gasteiger partial charge in [0, 0.05) is 19.3 Å². The van der Waals surface area contributed by atoms with Crippen LogP contribution in [0.5, 0.6) is 0 Å². The number of rotatable bonds is 48. The maximum atomic E-state index is 12.8. The summed E-state index contributed by atoms with van der Waals surface area (Å²) in [5.41, 5.74) is 0. The average molecular weight is 849 g/mol. The van der Waals surface area contributed by atoms with E-state index in [4.69, 9.17) is 14.2 Å². The summed E-state index contributed by atoms with van der Waals surface area (Å²) in [5, 5.41) is 0. The van der Waals surface area contributed by atoms with Crippen molar-refractivity contribution in [1.82, 2.24) is 0 Å².